The van der Waals surface area contributed by atoms with Gasteiger partial charge >= 0.3 is 0 Å². The van der Waals surface area contributed by atoms with Crippen LogP contribution in [0.25, 0.3) is 0 Å². The lowest BCUT2D eigenvalue weighted by molar-refractivity contribution is 0.111. The minimum atomic E-state index is 0.345. The maximum Gasteiger partial charge on any atom is 0.153 e. The van der Waals surface area contributed by atoms with E-state index in [1.165, 1.54) is 0 Å². The number of aromatic nitrogens is 1. The smallest absolute Gasteiger partial charge is 0.153 e. The van der Waals surface area contributed by atoms with Crippen molar-refractivity contribution in [3.8, 4) is 5.75 Å². The van der Waals surface area contributed by atoms with Crippen LogP contribution in [-0.4, -0.2) is 11.3 Å². The first-order chi connectivity index (χ1) is 8.29. The summed E-state index contributed by atoms with van der Waals surface area (Å²) in [5, 5.41) is 0. The van der Waals surface area contributed by atoms with Gasteiger partial charge in [0.15, 0.2) is 6.29 Å². The molecule has 1 aromatic heterocycles. The SMILES string of the molecule is O=Cc1ccccc1OCc1ccc(Br)cn1. The Morgan fingerprint density at radius 3 is 2.76 bits per heavy atom. The zero-order chi connectivity index (χ0) is 12.1. The summed E-state index contributed by atoms with van der Waals surface area (Å²) in [5.41, 5.74) is 1.36. The number of ether oxygens (including phenoxy) is 1. The number of rotatable bonds is 4. The molecule has 0 unspecified atom stereocenters. The maximum atomic E-state index is 10.8. The van der Waals surface area contributed by atoms with Gasteiger partial charge in [-0.3, -0.25) is 9.78 Å². The van der Waals surface area contributed by atoms with Crippen molar-refractivity contribution in [3.05, 3.63) is 58.3 Å². The minimum absolute atomic E-state index is 0.345. The van der Waals surface area contributed by atoms with Crippen LogP contribution in [0.5, 0.6) is 5.75 Å². The molecule has 3 nitrogen and oxygen atoms in total. The second kappa shape index (κ2) is 5.59. The predicted octanol–water partition coefficient (Wildman–Crippen LogP) is 3.24. The molecule has 86 valence electrons. The van der Waals surface area contributed by atoms with Gasteiger partial charge in [-0.25, -0.2) is 0 Å². The van der Waals surface area contributed by atoms with Gasteiger partial charge in [0.25, 0.3) is 0 Å². The van der Waals surface area contributed by atoms with Crippen LogP contribution >= 0.6 is 15.9 Å². The zero-order valence-electron chi connectivity index (χ0n) is 8.97. The molecule has 0 saturated heterocycles. The highest BCUT2D eigenvalue weighted by molar-refractivity contribution is 9.10. The Balaban J connectivity index is 2.07. The van der Waals surface area contributed by atoms with E-state index in [4.69, 9.17) is 4.74 Å². The van der Waals surface area contributed by atoms with Crippen LogP contribution < -0.4 is 4.74 Å². The molecule has 2 aromatic rings. The average molecular weight is 292 g/mol. The molecule has 1 heterocycles. The van der Waals surface area contributed by atoms with Crippen LogP contribution in [0.3, 0.4) is 0 Å². The summed E-state index contributed by atoms with van der Waals surface area (Å²) in [5.74, 6) is 0.576. The normalized spacial score (nSPS) is 9.94. The van der Waals surface area contributed by atoms with Crippen molar-refractivity contribution in [3.63, 3.8) is 0 Å². The molecule has 0 aliphatic heterocycles. The molecule has 0 aliphatic rings. The van der Waals surface area contributed by atoms with Crippen LogP contribution in [-0.2, 0) is 6.61 Å². The summed E-state index contributed by atoms with van der Waals surface area (Å²) in [6.07, 6.45) is 2.49. The van der Waals surface area contributed by atoms with Gasteiger partial charge in [-0.2, -0.15) is 0 Å². The lowest BCUT2D eigenvalue weighted by Crippen LogP contribution is -1.99. The van der Waals surface area contributed by atoms with E-state index in [9.17, 15) is 4.79 Å². The average Bonchev–Trinajstić information content (AvgIpc) is 2.38. The standard InChI is InChI=1S/C13H10BrNO2/c14-11-5-6-12(15-7-11)9-17-13-4-2-1-3-10(13)8-16/h1-8H,9H2. The Hall–Kier alpha value is -1.68. The largest absolute Gasteiger partial charge is 0.487 e. The topological polar surface area (TPSA) is 39.2 Å². The second-order valence-corrected chi connectivity index (χ2v) is 4.33. The number of benzene rings is 1. The molecule has 0 amide bonds. The highest BCUT2D eigenvalue weighted by atomic mass is 79.9. The maximum absolute atomic E-state index is 10.8. The predicted molar refractivity (Wildman–Crippen MR) is 68.1 cm³/mol. The first-order valence-electron chi connectivity index (χ1n) is 5.07. The summed E-state index contributed by atoms with van der Waals surface area (Å²) in [6, 6.07) is 10.9. The third-order valence-corrected chi connectivity index (χ3v) is 2.68. The quantitative estimate of drug-likeness (QED) is 0.812. The van der Waals surface area contributed by atoms with E-state index in [-0.39, 0.29) is 0 Å². The molecule has 0 radical (unpaired) electrons. The Morgan fingerprint density at radius 1 is 1.24 bits per heavy atom. The van der Waals surface area contributed by atoms with E-state index in [2.05, 4.69) is 20.9 Å². The van der Waals surface area contributed by atoms with Crippen molar-refractivity contribution < 1.29 is 9.53 Å². The second-order valence-electron chi connectivity index (χ2n) is 3.41. The molecular weight excluding hydrogens is 282 g/mol. The van der Waals surface area contributed by atoms with Gasteiger partial charge in [-0.15, -0.1) is 0 Å². The first-order valence-corrected chi connectivity index (χ1v) is 5.86. The molecule has 4 heteroatoms. The number of carbonyl (C=O) groups is 1. The summed E-state index contributed by atoms with van der Waals surface area (Å²) >= 11 is 3.31. The summed E-state index contributed by atoms with van der Waals surface area (Å²) < 4.78 is 6.47. The van der Waals surface area contributed by atoms with Gasteiger partial charge in [0.05, 0.1) is 11.3 Å². The molecule has 0 aliphatic carbocycles. The van der Waals surface area contributed by atoms with E-state index < -0.39 is 0 Å². The molecule has 2 rings (SSSR count). The van der Waals surface area contributed by atoms with Crippen molar-refractivity contribution in [1.29, 1.82) is 0 Å². The molecule has 0 atom stereocenters. The van der Waals surface area contributed by atoms with Gasteiger partial charge in [0, 0.05) is 10.7 Å². The number of halogens is 1. The van der Waals surface area contributed by atoms with Crippen molar-refractivity contribution in [2.24, 2.45) is 0 Å². The van der Waals surface area contributed by atoms with Gasteiger partial charge in [-0.05, 0) is 40.2 Å². The Bertz CT molecular complexity index is 511. The van der Waals surface area contributed by atoms with Crippen LogP contribution in [0.1, 0.15) is 16.1 Å². The minimum Gasteiger partial charge on any atom is -0.487 e. The number of carbonyl (C=O) groups excluding carboxylic acids is 1. The van der Waals surface area contributed by atoms with Crippen LogP contribution in [0.4, 0.5) is 0 Å². The van der Waals surface area contributed by atoms with Gasteiger partial charge in [0.2, 0.25) is 0 Å². The fourth-order valence-corrected chi connectivity index (χ4v) is 1.59. The zero-order valence-corrected chi connectivity index (χ0v) is 10.6. The number of hydrogen-bond donors (Lipinski definition) is 0. The number of nitrogens with zero attached hydrogens (tertiary/aromatic N) is 1. The summed E-state index contributed by atoms with van der Waals surface area (Å²) in [6.45, 7) is 0.345. The third kappa shape index (κ3) is 3.14. The van der Waals surface area contributed by atoms with E-state index >= 15 is 0 Å². The first kappa shape index (κ1) is 11.8. The molecule has 0 N–H and O–H groups in total. The number of pyridine rings is 1. The van der Waals surface area contributed by atoms with Crippen LogP contribution in [0, 0.1) is 0 Å². The van der Waals surface area contributed by atoms with E-state index in [1.807, 2.05) is 18.2 Å². The highest BCUT2D eigenvalue weighted by Crippen LogP contribution is 2.17. The van der Waals surface area contributed by atoms with Gasteiger partial charge in [-0.1, -0.05) is 12.1 Å². The van der Waals surface area contributed by atoms with Crippen molar-refractivity contribution in [2.45, 2.75) is 6.61 Å². The monoisotopic (exact) mass is 291 g/mol. The van der Waals surface area contributed by atoms with Crippen molar-refractivity contribution in [2.75, 3.05) is 0 Å². The van der Waals surface area contributed by atoms with Crippen LogP contribution in [0.15, 0.2) is 47.1 Å². The van der Waals surface area contributed by atoms with Crippen LogP contribution in [0.2, 0.25) is 0 Å². The molecule has 1 aromatic carbocycles. The number of aldehydes is 1. The number of para-hydroxylation sites is 1. The molecule has 17 heavy (non-hydrogen) atoms. The fourth-order valence-electron chi connectivity index (χ4n) is 1.35. The lowest BCUT2D eigenvalue weighted by Gasteiger charge is -2.07. The highest BCUT2D eigenvalue weighted by Gasteiger charge is 2.02. The Kier molecular flexibility index (Phi) is 3.88. The lowest BCUT2D eigenvalue weighted by atomic mass is 10.2. The molecular formula is C13H10BrNO2. The van der Waals surface area contributed by atoms with Gasteiger partial charge < -0.3 is 4.74 Å². The van der Waals surface area contributed by atoms with Gasteiger partial charge in [0.1, 0.15) is 12.4 Å². The fraction of sp³-hybridized carbons (Fsp3) is 0.0769. The molecule has 0 spiro atoms. The van der Waals surface area contributed by atoms with Crippen molar-refractivity contribution in [1.82, 2.24) is 4.98 Å². The Morgan fingerprint density at radius 2 is 2.06 bits per heavy atom. The molecule has 0 fully saturated rings. The van der Waals surface area contributed by atoms with E-state index in [0.717, 1.165) is 16.5 Å². The van der Waals surface area contributed by atoms with E-state index in [0.29, 0.717) is 17.9 Å². The molecule has 0 bridgehead atoms. The third-order valence-electron chi connectivity index (χ3n) is 2.21. The number of hydrogen-bond acceptors (Lipinski definition) is 3. The summed E-state index contributed by atoms with van der Waals surface area (Å²) in [4.78, 5) is 15.0. The van der Waals surface area contributed by atoms with Crippen molar-refractivity contribution >= 4 is 22.2 Å². The van der Waals surface area contributed by atoms with E-state index in [1.54, 1.807) is 24.4 Å². The summed E-state index contributed by atoms with van der Waals surface area (Å²) in [7, 11) is 0. The molecule has 0 saturated carbocycles. The Labute approximate surface area is 108 Å².